The summed E-state index contributed by atoms with van der Waals surface area (Å²) in [6.07, 6.45) is 3.37. The van der Waals surface area contributed by atoms with Crippen molar-refractivity contribution < 1.29 is 9.53 Å². The minimum atomic E-state index is -0.107. The smallest absolute Gasteiger partial charge is 0.225 e. The molecule has 1 aromatic carbocycles. The molecule has 3 N–H and O–H groups in total. The quantitative estimate of drug-likeness (QED) is 0.873. The average molecular weight is 325 g/mol. The van der Waals surface area contributed by atoms with Gasteiger partial charge in [-0.25, -0.2) is 0 Å². The predicted molar refractivity (Wildman–Crippen MR) is 88.7 cm³/mol. The standard InChI is InChI=1S/C17H24N2O2.ClH/c1-21-14(11-5-3-2-4-6-11)10-19-17(20)15-12-7-8-13(9-12)16(15)18;/h2-6,12-16H,7-10,18H2,1H3,(H,19,20);1H. The summed E-state index contributed by atoms with van der Waals surface area (Å²) in [6.45, 7) is 0.500. The molecular weight excluding hydrogens is 300 g/mol. The Morgan fingerprint density at radius 2 is 2.00 bits per heavy atom. The normalized spacial score (nSPS) is 30.6. The summed E-state index contributed by atoms with van der Waals surface area (Å²) in [5.41, 5.74) is 7.30. The second kappa shape index (κ2) is 7.44. The van der Waals surface area contributed by atoms with E-state index in [9.17, 15) is 4.79 Å². The number of carbonyl (C=O) groups is 1. The van der Waals surface area contributed by atoms with Gasteiger partial charge in [-0.3, -0.25) is 4.79 Å². The van der Waals surface area contributed by atoms with Crippen molar-refractivity contribution in [1.29, 1.82) is 0 Å². The molecule has 22 heavy (non-hydrogen) atoms. The highest BCUT2D eigenvalue weighted by Gasteiger charge is 2.48. The van der Waals surface area contributed by atoms with Gasteiger partial charge in [0, 0.05) is 19.7 Å². The average Bonchev–Trinajstić information content (AvgIpc) is 3.09. The van der Waals surface area contributed by atoms with Crippen molar-refractivity contribution in [2.45, 2.75) is 31.4 Å². The third kappa shape index (κ3) is 3.29. The third-order valence-corrected chi connectivity index (χ3v) is 5.20. The molecule has 5 unspecified atom stereocenters. The molecule has 0 heterocycles. The van der Waals surface area contributed by atoms with Crippen LogP contribution < -0.4 is 11.1 Å². The van der Waals surface area contributed by atoms with Crippen LogP contribution in [0, 0.1) is 17.8 Å². The lowest BCUT2D eigenvalue weighted by Crippen LogP contribution is -2.46. The molecule has 3 rings (SSSR count). The lowest BCUT2D eigenvalue weighted by atomic mass is 9.84. The summed E-state index contributed by atoms with van der Waals surface area (Å²) >= 11 is 0. The van der Waals surface area contributed by atoms with E-state index in [0.717, 1.165) is 18.4 Å². The van der Waals surface area contributed by atoms with Gasteiger partial charge in [-0.05, 0) is 36.7 Å². The first-order valence-corrected chi connectivity index (χ1v) is 7.81. The molecule has 5 heteroatoms. The van der Waals surface area contributed by atoms with Crippen LogP contribution in [-0.2, 0) is 9.53 Å². The number of hydrogen-bond donors (Lipinski definition) is 2. The third-order valence-electron chi connectivity index (χ3n) is 5.20. The number of ether oxygens (including phenoxy) is 1. The Labute approximate surface area is 138 Å². The molecule has 2 bridgehead atoms. The van der Waals surface area contributed by atoms with E-state index in [1.54, 1.807) is 7.11 Å². The van der Waals surface area contributed by atoms with E-state index in [0.29, 0.717) is 18.4 Å². The van der Waals surface area contributed by atoms with Crippen molar-refractivity contribution in [3.63, 3.8) is 0 Å². The van der Waals surface area contributed by atoms with E-state index in [-0.39, 0.29) is 36.4 Å². The summed E-state index contributed by atoms with van der Waals surface area (Å²) in [6, 6.07) is 10.0. The lowest BCUT2D eigenvalue weighted by molar-refractivity contribution is -0.127. The van der Waals surface area contributed by atoms with Gasteiger partial charge in [-0.15, -0.1) is 12.4 Å². The number of nitrogens with two attached hydrogens (primary N) is 1. The second-order valence-electron chi connectivity index (χ2n) is 6.32. The highest BCUT2D eigenvalue weighted by atomic mass is 35.5. The summed E-state index contributed by atoms with van der Waals surface area (Å²) in [7, 11) is 1.67. The monoisotopic (exact) mass is 324 g/mol. The molecule has 0 aromatic heterocycles. The molecule has 4 nitrogen and oxygen atoms in total. The van der Waals surface area contributed by atoms with Crippen molar-refractivity contribution in [2.75, 3.05) is 13.7 Å². The number of methoxy groups -OCH3 is 1. The molecule has 2 fully saturated rings. The maximum atomic E-state index is 12.5. The molecule has 2 aliphatic rings. The van der Waals surface area contributed by atoms with E-state index < -0.39 is 0 Å². The molecule has 122 valence electrons. The predicted octanol–water partition coefficient (Wildman–Crippen LogP) is 2.29. The molecule has 0 aliphatic heterocycles. The maximum absolute atomic E-state index is 12.5. The number of amides is 1. The van der Waals surface area contributed by atoms with Crippen molar-refractivity contribution in [2.24, 2.45) is 23.5 Å². The van der Waals surface area contributed by atoms with Crippen LogP contribution in [0.5, 0.6) is 0 Å². The maximum Gasteiger partial charge on any atom is 0.225 e. The molecule has 5 atom stereocenters. The highest BCUT2D eigenvalue weighted by molar-refractivity contribution is 5.85. The zero-order valence-corrected chi connectivity index (χ0v) is 13.7. The molecule has 0 spiro atoms. The summed E-state index contributed by atoms with van der Waals surface area (Å²) in [4.78, 5) is 12.5. The molecule has 0 saturated heterocycles. The van der Waals surface area contributed by atoms with Crippen molar-refractivity contribution in [1.82, 2.24) is 5.32 Å². The second-order valence-corrected chi connectivity index (χ2v) is 6.32. The van der Waals surface area contributed by atoms with Crippen molar-refractivity contribution in [3.8, 4) is 0 Å². The van der Waals surface area contributed by atoms with Crippen molar-refractivity contribution in [3.05, 3.63) is 35.9 Å². The van der Waals surface area contributed by atoms with E-state index in [1.807, 2.05) is 30.3 Å². The van der Waals surface area contributed by atoms with E-state index in [4.69, 9.17) is 10.5 Å². The summed E-state index contributed by atoms with van der Waals surface area (Å²) in [5.74, 6) is 1.14. The molecule has 0 radical (unpaired) electrons. The van der Waals surface area contributed by atoms with Gasteiger partial charge in [0.25, 0.3) is 0 Å². The zero-order chi connectivity index (χ0) is 14.8. The fraction of sp³-hybridized carbons (Fsp3) is 0.588. The first kappa shape index (κ1) is 17.3. The first-order chi connectivity index (χ1) is 10.2. The summed E-state index contributed by atoms with van der Waals surface area (Å²) in [5, 5.41) is 3.05. The lowest BCUT2D eigenvalue weighted by Gasteiger charge is -2.27. The SMILES string of the molecule is COC(CNC(=O)C1C2CCC(C2)C1N)c1ccccc1.Cl. The molecular formula is C17H25ClN2O2. The van der Waals surface area contributed by atoms with Crippen molar-refractivity contribution >= 4 is 18.3 Å². The van der Waals surface area contributed by atoms with Gasteiger partial charge in [0.15, 0.2) is 0 Å². The number of carbonyl (C=O) groups excluding carboxylic acids is 1. The number of halogens is 1. The van der Waals surface area contributed by atoms with Crippen LogP contribution in [0.25, 0.3) is 0 Å². The largest absolute Gasteiger partial charge is 0.375 e. The van der Waals surface area contributed by atoms with E-state index in [2.05, 4.69) is 5.32 Å². The van der Waals surface area contributed by atoms with Gasteiger partial charge in [-0.1, -0.05) is 30.3 Å². The fourth-order valence-corrected chi connectivity index (χ4v) is 4.04. The number of rotatable bonds is 5. The first-order valence-electron chi connectivity index (χ1n) is 7.81. The van der Waals surface area contributed by atoms with Crippen LogP contribution in [0.4, 0.5) is 0 Å². The topological polar surface area (TPSA) is 64.3 Å². The minimum Gasteiger partial charge on any atom is -0.375 e. The van der Waals surface area contributed by atoms with E-state index in [1.165, 1.54) is 6.42 Å². The molecule has 1 aromatic rings. The molecule has 2 saturated carbocycles. The fourth-order valence-electron chi connectivity index (χ4n) is 4.04. The Kier molecular flexibility index (Phi) is 5.84. The Morgan fingerprint density at radius 3 is 2.59 bits per heavy atom. The Morgan fingerprint density at radius 1 is 1.32 bits per heavy atom. The zero-order valence-electron chi connectivity index (χ0n) is 12.9. The van der Waals surface area contributed by atoms with Gasteiger partial charge >= 0.3 is 0 Å². The number of benzene rings is 1. The molecule has 1 amide bonds. The van der Waals surface area contributed by atoms with Gasteiger partial charge in [-0.2, -0.15) is 0 Å². The van der Waals surface area contributed by atoms with Crippen LogP contribution in [-0.4, -0.2) is 25.6 Å². The van der Waals surface area contributed by atoms with Crippen LogP contribution in [0.1, 0.15) is 30.9 Å². The van der Waals surface area contributed by atoms with Gasteiger partial charge in [0.1, 0.15) is 0 Å². The summed E-state index contributed by atoms with van der Waals surface area (Å²) < 4.78 is 5.49. The number of hydrogen-bond acceptors (Lipinski definition) is 3. The number of fused-ring (bicyclic) bond motifs is 2. The highest BCUT2D eigenvalue weighted by Crippen LogP contribution is 2.47. The Bertz CT molecular complexity index is 495. The van der Waals surface area contributed by atoms with Gasteiger partial charge < -0.3 is 15.8 Å². The van der Waals surface area contributed by atoms with Gasteiger partial charge in [0.05, 0.1) is 12.0 Å². The van der Waals surface area contributed by atoms with Crippen LogP contribution in [0.2, 0.25) is 0 Å². The molecule has 2 aliphatic carbocycles. The number of nitrogens with one attached hydrogen (secondary N) is 1. The minimum absolute atomic E-state index is 0. The van der Waals surface area contributed by atoms with Crippen LogP contribution in [0.3, 0.4) is 0 Å². The Hall–Kier alpha value is -1.10. The van der Waals surface area contributed by atoms with Gasteiger partial charge in [0.2, 0.25) is 5.91 Å². The van der Waals surface area contributed by atoms with E-state index >= 15 is 0 Å². The Balaban J connectivity index is 0.00000176. The van der Waals surface area contributed by atoms with Crippen LogP contribution in [0.15, 0.2) is 30.3 Å². The van der Waals surface area contributed by atoms with Crippen LogP contribution >= 0.6 is 12.4 Å².